The number of aliphatic hydroxyl groups is 1. The highest BCUT2D eigenvalue weighted by Gasteiger charge is 2.01. The first-order valence-corrected chi connectivity index (χ1v) is 3.58. The molecule has 0 radical (unpaired) electrons. The molecule has 0 saturated carbocycles. The summed E-state index contributed by atoms with van der Waals surface area (Å²) in [7, 11) is 0. The monoisotopic (exact) mass is 153 g/mol. The van der Waals surface area contributed by atoms with Crippen LogP contribution in [-0.4, -0.2) is 17.8 Å². The van der Waals surface area contributed by atoms with E-state index in [0.717, 1.165) is 5.57 Å². The van der Waals surface area contributed by atoms with Crippen LogP contribution >= 0.6 is 0 Å². The minimum atomic E-state index is -0.281. The Hall–Kier alpha value is -0.860. The van der Waals surface area contributed by atoms with Gasteiger partial charge in [-0.1, -0.05) is 30.9 Å². The molecule has 0 fully saturated rings. The molecule has 0 aromatic rings. The second-order valence-corrected chi connectivity index (χ2v) is 2.17. The maximum atomic E-state index is 8.71. The molecule has 0 spiro atoms. The molecule has 0 aliphatic rings. The molecule has 0 saturated heterocycles. The van der Waals surface area contributed by atoms with Gasteiger partial charge in [0.1, 0.15) is 0 Å². The van der Waals surface area contributed by atoms with Gasteiger partial charge in [0, 0.05) is 0 Å². The van der Waals surface area contributed by atoms with E-state index in [1.165, 1.54) is 0 Å². The summed E-state index contributed by atoms with van der Waals surface area (Å²) in [6, 6.07) is -0.281. The Morgan fingerprint density at radius 1 is 1.73 bits per heavy atom. The van der Waals surface area contributed by atoms with Crippen molar-refractivity contribution in [3.63, 3.8) is 0 Å². The molecule has 11 heavy (non-hydrogen) atoms. The van der Waals surface area contributed by atoms with Gasteiger partial charge in [0.2, 0.25) is 0 Å². The largest absolute Gasteiger partial charge is 0.394 e. The van der Waals surface area contributed by atoms with Gasteiger partial charge in [0.25, 0.3) is 0 Å². The van der Waals surface area contributed by atoms with Crippen LogP contribution in [0.15, 0.2) is 36.5 Å². The first-order chi connectivity index (χ1) is 5.26. The first kappa shape index (κ1) is 10.1. The average molecular weight is 153 g/mol. The van der Waals surface area contributed by atoms with Crippen LogP contribution in [0.25, 0.3) is 0 Å². The Kier molecular flexibility index (Phi) is 5.43. The number of hydrogen-bond acceptors (Lipinski definition) is 2. The summed E-state index contributed by atoms with van der Waals surface area (Å²) >= 11 is 0. The van der Waals surface area contributed by atoms with Crippen molar-refractivity contribution in [1.29, 1.82) is 0 Å². The highest BCUT2D eigenvalue weighted by Crippen LogP contribution is 2.01. The maximum absolute atomic E-state index is 8.71. The quantitative estimate of drug-likeness (QED) is 0.592. The Labute approximate surface area is 67.7 Å². The Morgan fingerprint density at radius 2 is 2.36 bits per heavy atom. The molecule has 1 atom stereocenters. The number of nitrogens with two attached hydrogens (primary N) is 1. The number of aliphatic hydroxyl groups excluding tert-OH is 1. The molecule has 0 aliphatic carbocycles. The zero-order chi connectivity index (χ0) is 8.69. The third kappa shape index (κ3) is 3.75. The van der Waals surface area contributed by atoms with Crippen molar-refractivity contribution >= 4 is 0 Å². The maximum Gasteiger partial charge on any atom is 0.0624 e. The zero-order valence-corrected chi connectivity index (χ0v) is 6.83. The predicted octanol–water partition coefficient (Wildman–Crippen LogP) is 0.994. The third-order valence-corrected chi connectivity index (χ3v) is 1.38. The van der Waals surface area contributed by atoms with E-state index in [9.17, 15) is 0 Å². The van der Waals surface area contributed by atoms with Gasteiger partial charge in [0.15, 0.2) is 0 Å². The van der Waals surface area contributed by atoms with Crippen molar-refractivity contribution in [3.8, 4) is 0 Å². The Bertz CT molecular complexity index is 170. The van der Waals surface area contributed by atoms with Crippen LogP contribution in [-0.2, 0) is 0 Å². The molecule has 2 nitrogen and oxygen atoms in total. The lowest BCUT2D eigenvalue weighted by Crippen LogP contribution is -2.25. The molecule has 0 amide bonds. The normalized spacial score (nSPS) is 15.4. The molecule has 0 aromatic heterocycles. The van der Waals surface area contributed by atoms with Crippen LogP contribution in [0.2, 0.25) is 0 Å². The lowest BCUT2D eigenvalue weighted by molar-refractivity contribution is 0.281. The Morgan fingerprint density at radius 3 is 2.73 bits per heavy atom. The lowest BCUT2D eigenvalue weighted by Gasteiger charge is -2.07. The molecule has 0 bridgehead atoms. The van der Waals surface area contributed by atoms with E-state index in [0.29, 0.717) is 0 Å². The molecule has 0 unspecified atom stereocenters. The minimum Gasteiger partial charge on any atom is -0.394 e. The van der Waals surface area contributed by atoms with Crippen LogP contribution in [0.5, 0.6) is 0 Å². The summed E-state index contributed by atoms with van der Waals surface area (Å²) in [5.74, 6) is 0. The van der Waals surface area contributed by atoms with Gasteiger partial charge in [0.05, 0.1) is 12.6 Å². The van der Waals surface area contributed by atoms with Crippen LogP contribution in [0.4, 0.5) is 0 Å². The van der Waals surface area contributed by atoms with Crippen molar-refractivity contribution in [1.82, 2.24) is 0 Å². The molecule has 0 aromatic carbocycles. The fourth-order valence-electron chi connectivity index (χ4n) is 0.718. The van der Waals surface area contributed by atoms with E-state index in [2.05, 4.69) is 6.58 Å². The van der Waals surface area contributed by atoms with Gasteiger partial charge in [-0.15, -0.1) is 0 Å². The van der Waals surface area contributed by atoms with Gasteiger partial charge in [-0.3, -0.25) is 0 Å². The summed E-state index contributed by atoms with van der Waals surface area (Å²) < 4.78 is 0. The SMILES string of the molecule is C=C/C=C\C(=C/C)[C@H](N)CO. The van der Waals surface area contributed by atoms with Gasteiger partial charge in [-0.05, 0) is 12.5 Å². The van der Waals surface area contributed by atoms with E-state index < -0.39 is 0 Å². The fourth-order valence-corrected chi connectivity index (χ4v) is 0.718. The predicted molar refractivity (Wildman–Crippen MR) is 48.2 cm³/mol. The Balaban J connectivity index is 4.18. The highest BCUT2D eigenvalue weighted by atomic mass is 16.3. The molecule has 2 heteroatoms. The van der Waals surface area contributed by atoms with Gasteiger partial charge in [-0.2, -0.15) is 0 Å². The van der Waals surface area contributed by atoms with E-state index in [1.807, 2.05) is 19.1 Å². The van der Waals surface area contributed by atoms with E-state index in [4.69, 9.17) is 10.8 Å². The number of rotatable bonds is 4. The van der Waals surface area contributed by atoms with Gasteiger partial charge in [-0.25, -0.2) is 0 Å². The summed E-state index contributed by atoms with van der Waals surface area (Å²) in [6.07, 6.45) is 7.19. The second kappa shape index (κ2) is 5.89. The lowest BCUT2D eigenvalue weighted by atomic mass is 10.1. The van der Waals surface area contributed by atoms with Crippen molar-refractivity contribution in [3.05, 3.63) is 36.5 Å². The van der Waals surface area contributed by atoms with Crippen LogP contribution < -0.4 is 5.73 Å². The summed E-state index contributed by atoms with van der Waals surface area (Å²) in [4.78, 5) is 0. The minimum absolute atomic E-state index is 0.0266. The molecular formula is C9H15NO. The second-order valence-electron chi connectivity index (χ2n) is 2.17. The summed E-state index contributed by atoms with van der Waals surface area (Å²) in [5, 5.41) is 8.71. The molecule has 0 rings (SSSR count). The van der Waals surface area contributed by atoms with Crippen molar-refractivity contribution in [2.24, 2.45) is 5.73 Å². The standard InChI is InChI=1S/C9H15NO/c1-3-5-6-8(4-2)9(10)7-11/h3-6,9,11H,1,7,10H2,2H3/b6-5-,8-4+/t9-/m1/s1. The molecule has 0 heterocycles. The van der Waals surface area contributed by atoms with Gasteiger partial charge >= 0.3 is 0 Å². The average Bonchev–Trinajstić information content (AvgIpc) is 2.05. The molecular weight excluding hydrogens is 138 g/mol. The molecule has 3 N–H and O–H groups in total. The van der Waals surface area contributed by atoms with E-state index in [1.54, 1.807) is 12.2 Å². The highest BCUT2D eigenvalue weighted by molar-refractivity contribution is 5.25. The first-order valence-electron chi connectivity index (χ1n) is 3.58. The summed E-state index contributed by atoms with van der Waals surface area (Å²) in [6.45, 7) is 5.40. The third-order valence-electron chi connectivity index (χ3n) is 1.38. The smallest absolute Gasteiger partial charge is 0.0624 e. The van der Waals surface area contributed by atoms with Crippen molar-refractivity contribution < 1.29 is 5.11 Å². The van der Waals surface area contributed by atoms with Crippen LogP contribution in [0.3, 0.4) is 0 Å². The van der Waals surface area contributed by atoms with E-state index >= 15 is 0 Å². The zero-order valence-electron chi connectivity index (χ0n) is 6.83. The van der Waals surface area contributed by atoms with Crippen LogP contribution in [0, 0.1) is 0 Å². The molecule has 62 valence electrons. The van der Waals surface area contributed by atoms with Crippen molar-refractivity contribution in [2.75, 3.05) is 6.61 Å². The molecule has 0 aliphatic heterocycles. The van der Waals surface area contributed by atoms with Crippen molar-refractivity contribution in [2.45, 2.75) is 13.0 Å². The van der Waals surface area contributed by atoms with Crippen LogP contribution in [0.1, 0.15) is 6.92 Å². The number of allylic oxidation sites excluding steroid dienone is 3. The fraction of sp³-hybridized carbons (Fsp3) is 0.333. The topological polar surface area (TPSA) is 46.2 Å². The van der Waals surface area contributed by atoms with E-state index in [-0.39, 0.29) is 12.6 Å². The number of hydrogen-bond donors (Lipinski definition) is 2. The van der Waals surface area contributed by atoms with Gasteiger partial charge < -0.3 is 10.8 Å². The summed E-state index contributed by atoms with van der Waals surface area (Å²) in [5.41, 5.74) is 6.49.